The Morgan fingerprint density at radius 1 is 1.56 bits per heavy atom. The van der Waals surface area contributed by atoms with Crippen molar-refractivity contribution in [2.24, 2.45) is 0 Å². The van der Waals surface area contributed by atoms with E-state index in [4.69, 9.17) is 18.5 Å². The summed E-state index contributed by atoms with van der Waals surface area (Å²) in [4.78, 5) is 11.6. The molecule has 0 aromatic carbocycles. The van der Waals surface area contributed by atoms with E-state index in [0.29, 0.717) is 6.54 Å². The van der Waals surface area contributed by atoms with Crippen molar-refractivity contribution in [3.63, 3.8) is 0 Å². The van der Waals surface area contributed by atoms with E-state index in [1.54, 1.807) is 20.8 Å². The van der Waals surface area contributed by atoms with E-state index in [-0.39, 0.29) is 6.10 Å². The van der Waals surface area contributed by atoms with Gasteiger partial charge in [-0.25, -0.2) is 14.4 Å². The molecule has 1 heterocycles. The van der Waals surface area contributed by atoms with Crippen LogP contribution >= 0.6 is 7.75 Å². The zero-order chi connectivity index (χ0) is 14.0. The number of esters is 1. The minimum Gasteiger partial charge on any atom is -0.461 e. The molecule has 0 bridgehead atoms. The van der Waals surface area contributed by atoms with E-state index in [9.17, 15) is 9.36 Å². The Hall–Kier alpha value is -0.460. The van der Waals surface area contributed by atoms with E-state index in [2.05, 4.69) is 5.09 Å². The lowest BCUT2D eigenvalue weighted by atomic mass is 10.3. The predicted molar refractivity (Wildman–Crippen MR) is 63.9 cm³/mol. The van der Waals surface area contributed by atoms with Gasteiger partial charge in [0.1, 0.15) is 0 Å². The van der Waals surface area contributed by atoms with Crippen LogP contribution < -0.4 is 5.09 Å². The number of nitrogens with one attached hydrogen (secondary N) is 1. The molecule has 0 aliphatic carbocycles. The summed E-state index contributed by atoms with van der Waals surface area (Å²) in [5, 5.41) is 2.58. The molecule has 1 rings (SSSR count). The third kappa shape index (κ3) is 3.76. The molecule has 18 heavy (non-hydrogen) atoms. The molecule has 0 radical (unpaired) electrons. The van der Waals surface area contributed by atoms with Crippen LogP contribution in [0.5, 0.6) is 0 Å². The number of carbonyl (C=O) groups is 1. The molecule has 0 spiro atoms. The molecule has 1 aliphatic rings. The van der Waals surface area contributed by atoms with Crippen molar-refractivity contribution in [1.29, 1.82) is 0 Å². The average Bonchev–Trinajstić information content (AvgIpc) is 2.89. The second-order valence-electron chi connectivity index (χ2n) is 4.28. The van der Waals surface area contributed by atoms with Gasteiger partial charge in [0.25, 0.3) is 0 Å². The van der Waals surface area contributed by atoms with E-state index in [0.717, 1.165) is 0 Å². The lowest BCUT2D eigenvalue weighted by Gasteiger charge is -2.18. The van der Waals surface area contributed by atoms with Gasteiger partial charge < -0.3 is 14.0 Å². The van der Waals surface area contributed by atoms with Gasteiger partial charge in [0.15, 0.2) is 0 Å². The van der Waals surface area contributed by atoms with Crippen molar-refractivity contribution >= 4 is 13.7 Å². The molecule has 1 N–H and O–H groups in total. The van der Waals surface area contributed by atoms with Crippen LogP contribution in [-0.4, -0.2) is 37.6 Å². The lowest BCUT2D eigenvalue weighted by Crippen LogP contribution is -2.26. The highest BCUT2D eigenvalue weighted by atomic mass is 31.2. The van der Waals surface area contributed by atoms with Gasteiger partial charge in [0.2, 0.25) is 11.9 Å². The predicted octanol–water partition coefficient (Wildman–Crippen LogP) is 1.43. The number of hydrogen-bond acceptors (Lipinski definition) is 6. The van der Waals surface area contributed by atoms with Crippen LogP contribution in [0, 0.1) is 0 Å². The fraction of sp³-hybridized carbons (Fsp3) is 0.900. The van der Waals surface area contributed by atoms with Gasteiger partial charge in [-0.15, -0.1) is 0 Å². The molecule has 1 saturated heterocycles. The van der Waals surface area contributed by atoms with Crippen LogP contribution in [0.3, 0.4) is 0 Å². The average molecular weight is 281 g/mol. The number of hydrogen-bond donors (Lipinski definition) is 1. The molecule has 3 atom stereocenters. The van der Waals surface area contributed by atoms with E-state index < -0.39 is 25.6 Å². The second kappa shape index (κ2) is 5.67. The van der Waals surface area contributed by atoms with Gasteiger partial charge in [-0.2, -0.15) is 0 Å². The first-order valence-electron chi connectivity index (χ1n) is 5.76. The Bertz CT molecular complexity index is 360. The summed E-state index contributed by atoms with van der Waals surface area (Å²) in [7, 11) is -2.19. The first-order valence-corrected chi connectivity index (χ1v) is 7.30. The summed E-state index contributed by atoms with van der Waals surface area (Å²) in [6.07, 6.45) is -1.11. The molecule has 0 saturated carbocycles. The Morgan fingerprint density at radius 3 is 2.61 bits per heavy atom. The summed E-state index contributed by atoms with van der Waals surface area (Å²) in [6.45, 7) is 7.15. The number of rotatable bonds is 7. The van der Waals surface area contributed by atoms with E-state index in [1.807, 2.05) is 0 Å². The Morgan fingerprint density at radius 2 is 2.17 bits per heavy atom. The van der Waals surface area contributed by atoms with Crippen LogP contribution in [0.1, 0.15) is 27.7 Å². The third-order valence-corrected chi connectivity index (χ3v) is 4.02. The van der Waals surface area contributed by atoms with E-state index >= 15 is 0 Å². The summed E-state index contributed by atoms with van der Waals surface area (Å²) < 4.78 is 32.2. The van der Waals surface area contributed by atoms with E-state index in [1.165, 1.54) is 14.0 Å². The molecule has 0 aromatic heterocycles. The van der Waals surface area contributed by atoms with Crippen LogP contribution in [-0.2, 0) is 27.9 Å². The van der Waals surface area contributed by atoms with Crippen molar-refractivity contribution < 1.29 is 27.9 Å². The third-order valence-electron chi connectivity index (χ3n) is 2.23. The minimum atomic E-state index is -3.45. The maximum absolute atomic E-state index is 12.0. The van der Waals surface area contributed by atoms with Crippen molar-refractivity contribution in [2.75, 3.05) is 13.7 Å². The molecule has 1 aliphatic heterocycles. The molecule has 0 aromatic rings. The minimum absolute atomic E-state index is 0.242. The fourth-order valence-corrected chi connectivity index (χ4v) is 2.66. The largest absolute Gasteiger partial charge is 0.461 e. The second-order valence-corrected chi connectivity index (χ2v) is 6.14. The maximum atomic E-state index is 12.0. The van der Waals surface area contributed by atoms with Crippen LogP contribution in [0.25, 0.3) is 0 Å². The summed E-state index contributed by atoms with van der Waals surface area (Å²) >= 11 is 0. The molecule has 0 amide bonds. The van der Waals surface area contributed by atoms with Gasteiger partial charge in [-0.1, -0.05) is 6.92 Å². The highest BCUT2D eigenvalue weighted by Gasteiger charge is 2.63. The first-order chi connectivity index (χ1) is 8.26. The van der Waals surface area contributed by atoms with Crippen LogP contribution in [0.4, 0.5) is 0 Å². The zero-order valence-corrected chi connectivity index (χ0v) is 12.2. The van der Waals surface area contributed by atoms with Crippen LogP contribution in [0.2, 0.25) is 0 Å². The smallest absolute Gasteiger partial charge is 0.407 e. The summed E-state index contributed by atoms with van der Waals surface area (Å²) in [5.74, 6) is -1.80. The normalized spacial score (nSPS) is 30.0. The Labute approximate surface area is 107 Å². The van der Waals surface area contributed by atoms with Crippen molar-refractivity contribution in [3.8, 4) is 0 Å². The molecular formula is C10H20NO6P. The molecule has 3 unspecified atom stereocenters. The number of epoxide rings is 1. The van der Waals surface area contributed by atoms with Crippen molar-refractivity contribution in [2.45, 2.75) is 45.7 Å². The molecule has 106 valence electrons. The quantitative estimate of drug-likeness (QED) is 0.429. The number of carbonyl (C=O) groups excluding carboxylic acids is 1. The standard InChI is InChI=1S/C10H20NO6P/c1-6-11-18(13,14-5)17-10(4)8(16-10)9(12)15-7(2)3/h7-8H,6H2,1-5H3,(H,11,13). The maximum Gasteiger partial charge on any atom is 0.407 e. The van der Waals surface area contributed by atoms with Gasteiger partial charge in [0, 0.05) is 13.7 Å². The van der Waals surface area contributed by atoms with Gasteiger partial charge in [-0.3, -0.25) is 4.52 Å². The summed E-state index contributed by atoms with van der Waals surface area (Å²) in [6, 6.07) is 0. The van der Waals surface area contributed by atoms with Gasteiger partial charge in [-0.05, 0) is 20.8 Å². The number of ether oxygens (including phenoxy) is 2. The highest BCUT2D eigenvalue weighted by Crippen LogP contribution is 2.53. The fourth-order valence-electron chi connectivity index (χ4n) is 1.39. The first kappa shape index (κ1) is 15.6. The Kier molecular flexibility index (Phi) is 4.91. The van der Waals surface area contributed by atoms with Crippen LogP contribution in [0.15, 0.2) is 0 Å². The lowest BCUT2D eigenvalue weighted by molar-refractivity contribution is -0.149. The zero-order valence-electron chi connectivity index (χ0n) is 11.3. The highest BCUT2D eigenvalue weighted by molar-refractivity contribution is 7.51. The molecule has 1 fully saturated rings. The molecular weight excluding hydrogens is 261 g/mol. The summed E-state index contributed by atoms with van der Waals surface area (Å²) in [5.41, 5.74) is 0. The molecule has 8 heteroatoms. The van der Waals surface area contributed by atoms with Crippen molar-refractivity contribution in [1.82, 2.24) is 5.09 Å². The van der Waals surface area contributed by atoms with Gasteiger partial charge in [0.05, 0.1) is 6.10 Å². The topological polar surface area (TPSA) is 86.4 Å². The van der Waals surface area contributed by atoms with Crippen molar-refractivity contribution in [3.05, 3.63) is 0 Å². The Balaban J connectivity index is 2.59. The molecule has 7 nitrogen and oxygen atoms in total. The SMILES string of the molecule is CCNP(=O)(OC)OC1(C)OC1C(=O)OC(C)C. The van der Waals surface area contributed by atoms with Gasteiger partial charge >= 0.3 is 13.7 Å². The monoisotopic (exact) mass is 281 g/mol.